The lowest BCUT2D eigenvalue weighted by Gasteiger charge is -2.19. The van der Waals surface area contributed by atoms with E-state index in [9.17, 15) is 19.0 Å². The molecule has 0 spiro atoms. The number of phosphoric ester groups is 1. The zero-order valence-electron chi connectivity index (χ0n) is 45.9. The number of phosphoric acid groups is 1. The van der Waals surface area contributed by atoms with E-state index in [1.54, 1.807) is 0 Å². The minimum atomic E-state index is -4.38. The maximum absolute atomic E-state index is 12.7. The van der Waals surface area contributed by atoms with E-state index in [-0.39, 0.29) is 38.6 Å². The molecule has 0 aliphatic carbocycles. The van der Waals surface area contributed by atoms with Crippen LogP contribution in [0.1, 0.15) is 271 Å². The number of allylic oxidation sites excluding steroid dienone is 12. The van der Waals surface area contributed by atoms with Gasteiger partial charge in [-0.05, 0) is 83.5 Å². The highest BCUT2D eigenvalue weighted by Gasteiger charge is 2.26. The Morgan fingerprint density at radius 1 is 0.437 bits per heavy atom. The molecule has 3 N–H and O–H groups in total. The SMILES string of the molecule is CC/C=C\C/C=C\C/C=C\C/C=C\C/C=C\CCCCCCCCCCCCCCCCCCCCCCCC(=O)OC(COC(=O)CCCCCCC/C=C\CCCCCC)COP(=O)(O)OCCN. The topological polar surface area (TPSA) is 134 Å². The quantitative estimate of drug-likeness (QED) is 0.0264. The lowest BCUT2D eigenvalue weighted by molar-refractivity contribution is -0.161. The van der Waals surface area contributed by atoms with Crippen LogP contribution in [0, 0.1) is 0 Å². The van der Waals surface area contributed by atoms with Crippen molar-refractivity contribution in [3.05, 3.63) is 72.9 Å². The smallest absolute Gasteiger partial charge is 0.462 e. The van der Waals surface area contributed by atoms with Crippen molar-refractivity contribution in [2.45, 2.75) is 277 Å². The monoisotopic (exact) mass is 1020 g/mol. The zero-order chi connectivity index (χ0) is 51.7. The summed E-state index contributed by atoms with van der Waals surface area (Å²) in [4.78, 5) is 35.1. The highest BCUT2D eigenvalue weighted by atomic mass is 31.2. The van der Waals surface area contributed by atoms with Crippen LogP contribution in [-0.4, -0.2) is 49.3 Å². The van der Waals surface area contributed by atoms with Gasteiger partial charge < -0.3 is 20.1 Å². The van der Waals surface area contributed by atoms with Gasteiger partial charge in [0.1, 0.15) is 6.61 Å². The third kappa shape index (κ3) is 56.6. The van der Waals surface area contributed by atoms with Gasteiger partial charge in [-0.1, -0.05) is 247 Å². The fraction of sp³-hybridized carbons (Fsp3) is 0.770. The van der Waals surface area contributed by atoms with Gasteiger partial charge in [-0.25, -0.2) is 4.57 Å². The number of unbranched alkanes of at least 4 members (excludes halogenated alkanes) is 30. The van der Waals surface area contributed by atoms with Crippen molar-refractivity contribution < 1.29 is 37.6 Å². The maximum Gasteiger partial charge on any atom is 0.472 e. The first kappa shape index (κ1) is 68.5. The number of carbonyl (C=O) groups is 2. The molecule has 0 aliphatic rings. The first-order valence-corrected chi connectivity index (χ1v) is 30.9. The normalized spacial score (nSPS) is 13.6. The van der Waals surface area contributed by atoms with Crippen LogP contribution in [0.4, 0.5) is 0 Å². The van der Waals surface area contributed by atoms with Crippen LogP contribution in [0.2, 0.25) is 0 Å². The lowest BCUT2D eigenvalue weighted by atomic mass is 10.0. The summed E-state index contributed by atoms with van der Waals surface area (Å²) in [6, 6.07) is 0. The molecule has 9 nitrogen and oxygen atoms in total. The molecular formula is C61H110NO8P. The van der Waals surface area contributed by atoms with Crippen LogP contribution in [0.15, 0.2) is 72.9 Å². The molecule has 0 amide bonds. The van der Waals surface area contributed by atoms with E-state index in [0.717, 1.165) is 83.5 Å². The second-order valence-corrected chi connectivity index (χ2v) is 20.9. The molecule has 0 heterocycles. The van der Waals surface area contributed by atoms with Crippen LogP contribution < -0.4 is 5.73 Å². The van der Waals surface area contributed by atoms with Gasteiger partial charge in [-0.3, -0.25) is 18.6 Å². The van der Waals surface area contributed by atoms with E-state index in [4.69, 9.17) is 24.3 Å². The highest BCUT2D eigenvalue weighted by Crippen LogP contribution is 2.43. The van der Waals surface area contributed by atoms with Crippen molar-refractivity contribution in [2.75, 3.05) is 26.4 Å². The number of nitrogens with two attached hydrogens (primary N) is 1. The van der Waals surface area contributed by atoms with Crippen molar-refractivity contribution in [1.82, 2.24) is 0 Å². The summed E-state index contributed by atoms with van der Waals surface area (Å²) in [5.41, 5.74) is 5.37. The first-order chi connectivity index (χ1) is 34.8. The summed E-state index contributed by atoms with van der Waals surface area (Å²) >= 11 is 0. The second kappa shape index (κ2) is 56.7. The largest absolute Gasteiger partial charge is 0.472 e. The Kier molecular flexibility index (Phi) is 54.7. The molecule has 0 saturated carbocycles. The maximum atomic E-state index is 12.7. The van der Waals surface area contributed by atoms with Gasteiger partial charge in [-0.2, -0.15) is 0 Å². The van der Waals surface area contributed by atoms with E-state index in [1.165, 1.54) is 154 Å². The molecule has 10 heteroatoms. The highest BCUT2D eigenvalue weighted by molar-refractivity contribution is 7.47. The van der Waals surface area contributed by atoms with Crippen LogP contribution in [0.25, 0.3) is 0 Å². The average molecular weight is 1020 g/mol. The Hall–Kier alpha value is -2.55. The fourth-order valence-electron chi connectivity index (χ4n) is 8.25. The van der Waals surface area contributed by atoms with Gasteiger partial charge in [0.25, 0.3) is 0 Å². The Morgan fingerprint density at radius 3 is 1.17 bits per heavy atom. The summed E-state index contributed by atoms with van der Waals surface area (Å²) in [7, 11) is -4.38. The second-order valence-electron chi connectivity index (χ2n) is 19.5. The number of rotatable bonds is 55. The summed E-state index contributed by atoms with van der Waals surface area (Å²) in [6.45, 7) is 3.62. The fourth-order valence-corrected chi connectivity index (χ4v) is 9.01. The third-order valence-corrected chi connectivity index (χ3v) is 13.6. The summed E-state index contributed by atoms with van der Waals surface area (Å²) in [6.07, 6.45) is 72.7. The molecular weight excluding hydrogens is 906 g/mol. The molecule has 0 aliphatic heterocycles. The van der Waals surface area contributed by atoms with Crippen molar-refractivity contribution in [3.8, 4) is 0 Å². The number of hydrogen-bond acceptors (Lipinski definition) is 8. The number of hydrogen-bond donors (Lipinski definition) is 2. The number of ether oxygens (including phenoxy) is 2. The van der Waals surface area contributed by atoms with Crippen molar-refractivity contribution in [1.29, 1.82) is 0 Å². The van der Waals surface area contributed by atoms with Gasteiger partial charge in [0.05, 0.1) is 13.2 Å². The molecule has 0 aromatic carbocycles. The summed E-state index contributed by atoms with van der Waals surface area (Å²) < 4.78 is 33.0. The lowest BCUT2D eigenvalue weighted by Crippen LogP contribution is -2.29. The van der Waals surface area contributed by atoms with Gasteiger partial charge >= 0.3 is 19.8 Å². The van der Waals surface area contributed by atoms with Crippen LogP contribution in [0.3, 0.4) is 0 Å². The summed E-state index contributed by atoms with van der Waals surface area (Å²) in [5, 5.41) is 0. The van der Waals surface area contributed by atoms with E-state index in [2.05, 4.69) is 86.8 Å². The Balaban J connectivity index is 3.81. The van der Waals surface area contributed by atoms with Crippen LogP contribution >= 0.6 is 7.82 Å². The van der Waals surface area contributed by atoms with E-state index in [1.807, 2.05) is 0 Å². The molecule has 2 unspecified atom stereocenters. The van der Waals surface area contributed by atoms with E-state index in [0.29, 0.717) is 6.42 Å². The van der Waals surface area contributed by atoms with Crippen LogP contribution in [-0.2, 0) is 32.7 Å². The first-order valence-electron chi connectivity index (χ1n) is 29.4. The molecule has 2 atom stereocenters. The molecule has 0 bridgehead atoms. The number of carbonyl (C=O) groups excluding carboxylic acids is 2. The van der Waals surface area contributed by atoms with E-state index < -0.39 is 26.5 Å². The Morgan fingerprint density at radius 2 is 0.775 bits per heavy atom. The standard InChI is InChI=1S/C61H110NO8P/c1-3-5-7-9-11-13-15-17-18-19-20-21-22-23-24-25-26-27-28-29-30-31-32-33-34-35-36-37-38-39-40-42-44-46-48-50-52-54-61(64)70-59(58-69-71(65,66)68-56-55-62)57-67-60(63)53-51-49-47-45-43-41-16-14-12-10-8-6-4-2/h5,7,11,13-14,16-18,20-21,23-24,59H,3-4,6,8-10,12,15,19,22,25-58,62H2,1-2H3,(H,65,66)/b7-5-,13-11-,16-14-,18-17-,21-20-,24-23-. The minimum Gasteiger partial charge on any atom is -0.462 e. The predicted octanol–water partition coefficient (Wildman–Crippen LogP) is 18.5. The Bertz CT molecular complexity index is 1390. The summed E-state index contributed by atoms with van der Waals surface area (Å²) in [5.74, 6) is -0.830. The molecule has 0 aromatic heterocycles. The van der Waals surface area contributed by atoms with Crippen LogP contribution in [0.5, 0.6) is 0 Å². The van der Waals surface area contributed by atoms with Gasteiger partial charge in [0.2, 0.25) is 0 Å². The van der Waals surface area contributed by atoms with Gasteiger partial charge in [0, 0.05) is 19.4 Å². The number of esters is 2. The molecule has 412 valence electrons. The predicted molar refractivity (Wildman–Crippen MR) is 302 cm³/mol. The van der Waals surface area contributed by atoms with Crippen molar-refractivity contribution in [3.63, 3.8) is 0 Å². The molecule has 71 heavy (non-hydrogen) atoms. The molecule has 0 radical (unpaired) electrons. The average Bonchev–Trinajstić information content (AvgIpc) is 3.36. The molecule has 0 aromatic rings. The molecule has 0 saturated heterocycles. The van der Waals surface area contributed by atoms with Crippen molar-refractivity contribution >= 4 is 19.8 Å². The van der Waals surface area contributed by atoms with Gasteiger partial charge in [-0.15, -0.1) is 0 Å². The van der Waals surface area contributed by atoms with Gasteiger partial charge in [0.15, 0.2) is 6.10 Å². The van der Waals surface area contributed by atoms with Crippen molar-refractivity contribution in [2.24, 2.45) is 5.73 Å². The van der Waals surface area contributed by atoms with E-state index >= 15 is 0 Å². The molecule has 0 fully saturated rings. The third-order valence-electron chi connectivity index (χ3n) is 12.6. The Labute approximate surface area is 437 Å². The minimum absolute atomic E-state index is 0.0522. The zero-order valence-corrected chi connectivity index (χ0v) is 46.8. The molecule has 0 rings (SSSR count).